The summed E-state index contributed by atoms with van der Waals surface area (Å²) in [5.41, 5.74) is 3.46. The Kier molecular flexibility index (Phi) is 3.18. The molecule has 4 heteroatoms. The van der Waals surface area contributed by atoms with E-state index in [4.69, 9.17) is 23.8 Å². The van der Waals surface area contributed by atoms with E-state index in [1.807, 2.05) is 24.3 Å². The van der Waals surface area contributed by atoms with Crippen molar-refractivity contribution in [1.82, 2.24) is 9.97 Å². The number of nitrogens with zero attached hydrogens (tertiary/aromatic N) is 1. The molecule has 2 nitrogen and oxygen atoms in total. The smallest absolute Gasteiger partial charge is 0.139 e. The molecule has 0 atom stereocenters. The van der Waals surface area contributed by atoms with E-state index in [2.05, 4.69) is 9.97 Å². The summed E-state index contributed by atoms with van der Waals surface area (Å²) in [4.78, 5) is 7.91. The van der Waals surface area contributed by atoms with Gasteiger partial charge in [-0.25, -0.2) is 4.98 Å². The molecular weight excluding hydrogens is 264 g/mol. The lowest BCUT2D eigenvalue weighted by Crippen LogP contribution is -2.08. The quantitative estimate of drug-likeness (QED) is 0.785. The number of hydrogen-bond acceptors (Lipinski definition) is 2. The first kappa shape index (κ1) is 11.9. The summed E-state index contributed by atoms with van der Waals surface area (Å²) in [5.74, 6) is 0.822. The summed E-state index contributed by atoms with van der Waals surface area (Å²) in [7, 11) is 0. The molecule has 0 saturated heterocycles. The molecule has 0 unspecified atom stereocenters. The molecule has 1 aliphatic rings. The molecule has 1 aromatic carbocycles. The Morgan fingerprint density at radius 3 is 2.89 bits per heavy atom. The van der Waals surface area contributed by atoms with E-state index >= 15 is 0 Å². The van der Waals surface area contributed by atoms with E-state index in [-0.39, 0.29) is 0 Å². The van der Waals surface area contributed by atoms with Gasteiger partial charge in [0.15, 0.2) is 0 Å². The first-order valence-electron chi connectivity index (χ1n) is 6.12. The third-order valence-electron chi connectivity index (χ3n) is 3.31. The zero-order chi connectivity index (χ0) is 12.5. The number of nitrogens with one attached hydrogen (secondary N) is 1. The second-order valence-corrected chi connectivity index (χ2v) is 5.39. The predicted octanol–water partition coefficient (Wildman–Crippen LogP) is 4.34. The summed E-state index contributed by atoms with van der Waals surface area (Å²) in [6.45, 7) is 0. The molecule has 18 heavy (non-hydrogen) atoms. The van der Waals surface area contributed by atoms with Crippen molar-refractivity contribution in [3.05, 3.63) is 45.2 Å². The molecule has 0 radical (unpaired) electrons. The van der Waals surface area contributed by atoms with Gasteiger partial charge in [0.1, 0.15) is 10.5 Å². The Labute approximate surface area is 116 Å². The molecular formula is C14H13ClN2S. The third kappa shape index (κ3) is 2.20. The van der Waals surface area contributed by atoms with Crippen molar-refractivity contribution in [3.63, 3.8) is 0 Å². The van der Waals surface area contributed by atoms with Crippen LogP contribution in [0.15, 0.2) is 24.3 Å². The summed E-state index contributed by atoms with van der Waals surface area (Å²) in [5, 5.41) is 0.714. The minimum absolute atomic E-state index is 0.714. The molecule has 1 aromatic heterocycles. The first-order valence-corrected chi connectivity index (χ1v) is 6.91. The van der Waals surface area contributed by atoms with Crippen LogP contribution in [0.1, 0.15) is 24.1 Å². The number of rotatable bonds is 1. The number of benzene rings is 1. The molecule has 0 fully saturated rings. The minimum atomic E-state index is 0.714. The van der Waals surface area contributed by atoms with Gasteiger partial charge in [0.2, 0.25) is 0 Å². The van der Waals surface area contributed by atoms with Crippen LogP contribution in [0.4, 0.5) is 0 Å². The van der Waals surface area contributed by atoms with Crippen molar-refractivity contribution in [1.29, 1.82) is 0 Å². The van der Waals surface area contributed by atoms with Crippen molar-refractivity contribution >= 4 is 23.8 Å². The Balaban J connectivity index is 2.14. The monoisotopic (exact) mass is 276 g/mol. The van der Waals surface area contributed by atoms with Crippen LogP contribution in [0, 0.1) is 4.64 Å². The highest BCUT2D eigenvalue weighted by Crippen LogP contribution is 2.24. The van der Waals surface area contributed by atoms with Crippen LogP contribution in [-0.2, 0) is 12.8 Å². The largest absolute Gasteiger partial charge is 0.343 e. The van der Waals surface area contributed by atoms with E-state index in [0.29, 0.717) is 5.02 Å². The topological polar surface area (TPSA) is 28.7 Å². The predicted molar refractivity (Wildman–Crippen MR) is 76.5 cm³/mol. The molecule has 1 N–H and O–H groups in total. The highest BCUT2D eigenvalue weighted by Gasteiger charge is 2.13. The number of fused-ring (bicyclic) bond motifs is 1. The fourth-order valence-electron chi connectivity index (χ4n) is 2.39. The molecule has 0 aliphatic heterocycles. The molecule has 0 saturated carbocycles. The van der Waals surface area contributed by atoms with Crippen LogP contribution < -0.4 is 0 Å². The van der Waals surface area contributed by atoms with Gasteiger partial charge in [-0.15, -0.1) is 0 Å². The second-order valence-electron chi connectivity index (χ2n) is 4.57. The Morgan fingerprint density at radius 1 is 1.22 bits per heavy atom. The molecule has 3 rings (SSSR count). The number of halogens is 1. The summed E-state index contributed by atoms with van der Waals surface area (Å²) in [6, 6.07) is 7.69. The SMILES string of the molecule is S=c1nc(-c2cccc(Cl)c2)[nH]c2c1CCCC2. The normalized spacial score (nSPS) is 14.3. The third-order valence-corrected chi connectivity index (χ3v) is 3.88. The van der Waals surface area contributed by atoms with Crippen molar-refractivity contribution in [2.75, 3.05) is 0 Å². The number of H-pyrrole nitrogens is 1. The maximum absolute atomic E-state index is 6.01. The zero-order valence-electron chi connectivity index (χ0n) is 9.87. The summed E-state index contributed by atoms with van der Waals surface area (Å²) < 4.78 is 0.735. The van der Waals surface area contributed by atoms with Gasteiger partial charge in [-0.1, -0.05) is 36.0 Å². The van der Waals surface area contributed by atoms with Crippen LogP contribution in [0.2, 0.25) is 5.02 Å². The lowest BCUT2D eigenvalue weighted by Gasteiger charge is -2.16. The molecule has 1 heterocycles. The lowest BCUT2D eigenvalue weighted by atomic mass is 9.97. The number of aromatic nitrogens is 2. The van der Waals surface area contributed by atoms with Gasteiger partial charge < -0.3 is 4.98 Å². The minimum Gasteiger partial charge on any atom is -0.343 e. The Morgan fingerprint density at radius 2 is 2.06 bits per heavy atom. The van der Waals surface area contributed by atoms with Crippen LogP contribution in [0.25, 0.3) is 11.4 Å². The van der Waals surface area contributed by atoms with Crippen LogP contribution in [-0.4, -0.2) is 9.97 Å². The molecule has 0 spiro atoms. The van der Waals surface area contributed by atoms with E-state index < -0.39 is 0 Å². The van der Waals surface area contributed by atoms with E-state index in [9.17, 15) is 0 Å². The van der Waals surface area contributed by atoms with E-state index in [1.54, 1.807) is 0 Å². The van der Waals surface area contributed by atoms with E-state index in [1.165, 1.54) is 24.1 Å². The van der Waals surface area contributed by atoms with Crippen LogP contribution in [0.5, 0.6) is 0 Å². The summed E-state index contributed by atoms with van der Waals surface area (Å²) in [6.07, 6.45) is 4.54. The summed E-state index contributed by atoms with van der Waals surface area (Å²) >= 11 is 11.4. The molecule has 2 aromatic rings. The number of aromatic amines is 1. The van der Waals surface area contributed by atoms with E-state index in [0.717, 1.165) is 28.9 Å². The lowest BCUT2D eigenvalue weighted by molar-refractivity contribution is 0.661. The maximum atomic E-state index is 6.01. The van der Waals surface area contributed by atoms with Crippen LogP contribution in [0.3, 0.4) is 0 Å². The highest BCUT2D eigenvalue weighted by molar-refractivity contribution is 7.71. The van der Waals surface area contributed by atoms with Gasteiger partial charge in [0.05, 0.1) is 0 Å². The Hall–Kier alpha value is -1.19. The average molecular weight is 277 g/mol. The molecule has 1 aliphatic carbocycles. The fourth-order valence-corrected chi connectivity index (χ4v) is 2.90. The van der Waals surface area contributed by atoms with Gasteiger partial charge in [-0.3, -0.25) is 0 Å². The average Bonchev–Trinajstić information content (AvgIpc) is 2.39. The standard InChI is InChI=1S/C14H13ClN2S/c15-10-5-3-4-9(8-10)13-16-12-7-2-1-6-11(12)14(18)17-13/h3-5,8H,1-2,6-7H2,(H,16,17,18). The maximum Gasteiger partial charge on any atom is 0.139 e. The van der Waals surface area contributed by atoms with Crippen LogP contribution >= 0.6 is 23.8 Å². The number of hydrogen-bond donors (Lipinski definition) is 1. The zero-order valence-corrected chi connectivity index (χ0v) is 11.4. The van der Waals surface area contributed by atoms with Gasteiger partial charge >= 0.3 is 0 Å². The van der Waals surface area contributed by atoms with Gasteiger partial charge in [0, 0.05) is 21.8 Å². The van der Waals surface area contributed by atoms with Gasteiger partial charge in [0.25, 0.3) is 0 Å². The first-order chi connectivity index (χ1) is 8.74. The van der Waals surface area contributed by atoms with Crippen molar-refractivity contribution in [3.8, 4) is 11.4 Å². The molecule has 0 amide bonds. The molecule has 92 valence electrons. The van der Waals surface area contributed by atoms with Gasteiger partial charge in [-0.05, 0) is 37.8 Å². The fraction of sp³-hybridized carbons (Fsp3) is 0.286. The van der Waals surface area contributed by atoms with Crippen molar-refractivity contribution < 1.29 is 0 Å². The second kappa shape index (κ2) is 4.82. The Bertz CT molecular complexity index is 648. The number of aryl methyl sites for hydroxylation is 1. The van der Waals surface area contributed by atoms with Crippen molar-refractivity contribution in [2.24, 2.45) is 0 Å². The highest BCUT2D eigenvalue weighted by atomic mass is 35.5. The van der Waals surface area contributed by atoms with Gasteiger partial charge in [-0.2, -0.15) is 0 Å². The van der Waals surface area contributed by atoms with Crippen molar-refractivity contribution in [2.45, 2.75) is 25.7 Å². The molecule has 0 bridgehead atoms.